The van der Waals surface area contributed by atoms with Crippen LogP contribution in [0.4, 0.5) is 10.5 Å². The highest BCUT2D eigenvalue weighted by molar-refractivity contribution is 7.99. The molecule has 0 bridgehead atoms. The van der Waals surface area contributed by atoms with Crippen molar-refractivity contribution in [3.63, 3.8) is 0 Å². The Kier molecular flexibility index (Phi) is 8.67. The van der Waals surface area contributed by atoms with Crippen LogP contribution in [-0.2, 0) is 4.74 Å². The number of hydrogen-bond donors (Lipinski definition) is 4. The molecule has 184 valence electrons. The first kappa shape index (κ1) is 26.0. The Bertz CT molecular complexity index is 1240. The van der Waals surface area contributed by atoms with Crippen LogP contribution in [0.5, 0.6) is 5.75 Å². The van der Waals surface area contributed by atoms with Gasteiger partial charge in [-0.15, -0.1) is 0 Å². The van der Waals surface area contributed by atoms with Crippen LogP contribution in [0.15, 0.2) is 70.5 Å². The van der Waals surface area contributed by atoms with Gasteiger partial charge in [0.15, 0.2) is 0 Å². The van der Waals surface area contributed by atoms with Gasteiger partial charge >= 0.3 is 6.03 Å². The monoisotopic (exact) mass is 495 g/mol. The highest BCUT2D eigenvalue weighted by Crippen LogP contribution is 2.33. The summed E-state index contributed by atoms with van der Waals surface area (Å²) in [5.74, 6) is 0.495. The van der Waals surface area contributed by atoms with Gasteiger partial charge in [0.2, 0.25) is 0 Å². The summed E-state index contributed by atoms with van der Waals surface area (Å²) in [6, 6.07) is 12.3. The molecule has 3 rings (SSSR count). The number of anilines is 1. The molecule has 4 N–H and O–H groups in total. The second-order valence-electron chi connectivity index (χ2n) is 8.60. The lowest BCUT2D eigenvalue weighted by molar-refractivity contribution is 0.146. The van der Waals surface area contributed by atoms with Crippen LogP contribution in [-0.4, -0.2) is 47.3 Å². The Balaban J connectivity index is 1.71. The molecule has 0 fully saturated rings. The number of hydrogen-bond acceptors (Lipinski definition) is 8. The van der Waals surface area contributed by atoms with E-state index in [4.69, 9.17) is 14.9 Å². The molecule has 0 aliphatic rings. The lowest BCUT2D eigenvalue weighted by atomic mass is 9.93. The zero-order valence-corrected chi connectivity index (χ0v) is 20.9. The summed E-state index contributed by atoms with van der Waals surface area (Å²) in [6.45, 7) is 6.37. The van der Waals surface area contributed by atoms with E-state index >= 15 is 0 Å². The zero-order valence-electron chi connectivity index (χ0n) is 20.1. The lowest BCUT2D eigenvalue weighted by Gasteiger charge is -2.17. The summed E-state index contributed by atoms with van der Waals surface area (Å²) in [6.07, 6.45) is 2.73. The first-order chi connectivity index (χ1) is 16.7. The molecule has 0 aliphatic carbocycles. The van der Waals surface area contributed by atoms with Crippen molar-refractivity contribution in [2.75, 3.05) is 25.6 Å². The number of benzene rings is 2. The number of amides is 2. The topological polar surface area (TPSA) is 129 Å². The summed E-state index contributed by atoms with van der Waals surface area (Å²) in [5, 5.41) is 24.6. The van der Waals surface area contributed by atoms with Gasteiger partial charge in [0, 0.05) is 34.6 Å². The first-order valence-electron chi connectivity index (χ1n) is 10.9. The number of aliphatic hydroxyl groups excluding tert-OH is 1. The van der Waals surface area contributed by atoms with E-state index in [1.54, 1.807) is 13.2 Å². The van der Waals surface area contributed by atoms with Crippen molar-refractivity contribution in [1.29, 1.82) is 5.41 Å². The van der Waals surface area contributed by atoms with Crippen molar-refractivity contribution >= 4 is 40.2 Å². The van der Waals surface area contributed by atoms with Crippen molar-refractivity contribution in [1.82, 2.24) is 15.3 Å². The number of aliphatic hydroxyl groups is 1. The normalized spacial score (nSPS) is 11.8. The van der Waals surface area contributed by atoms with E-state index in [0.29, 0.717) is 24.7 Å². The lowest BCUT2D eigenvalue weighted by Crippen LogP contribution is -2.33. The van der Waals surface area contributed by atoms with Crippen LogP contribution < -0.4 is 15.4 Å². The average molecular weight is 496 g/mol. The van der Waals surface area contributed by atoms with E-state index in [0.717, 1.165) is 20.8 Å². The quantitative estimate of drug-likeness (QED) is 0.108. The SMILES string of the molecule is COCCOc1ccc2ncnc(Sc3cccc(NC(=O)NC(=N)/C=C(\O)C(C)(C)C)c3)c2c1. The molecule has 10 heteroatoms. The number of urea groups is 1. The van der Waals surface area contributed by atoms with E-state index in [9.17, 15) is 9.90 Å². The van der Waals surface area contributed by atoms with Gasteiger partial charge in [-0.25, -0.2) is 14.8 Å². The Labute approximate surface area is 208 Å². The van der Waals surface area contributed by atoms with E-state index in [1.165, 1.54) is 24.2 Å². The minimum atomic E-state index is -0.583. The molecule has 35 heavy (non-hydrogen) atoms. The Morgan fingerprint density at radius 1 is 1.17 bits per heavy atom. The van der Waals surface area contributed by atoms with Crippen LogP contribution in [0.3, 0.4) is 0 Å². The fourth-order valence-electron chi connectivity index (χ4n) is 2.85. The number of amidine groups is 1. The molecular formula is C25H29N5O4S. The third-order valence-corrected chi connectivity index (χ3v) is 5.74. The van der Waals surface area contributed by atoms with Gasteiger partial charge in [-0.1, -0.05) is 38.6 Å². The molecule has 3 aromatic rings. The summed E-state index contributed by atoms with van der Waals surface area (Å²) in [4.78, 5) is 21.9. The zero-order chi connectivity index (χ0) is 25.4. The maximum atomic E-state index is 12.3. The van der Waals surface area contributed by atoms with E-state index in [-0.39, 0.29) is 11.6 Å². The predicted octanol–water partition coefficient (Wildman–Crippen LogP) is 5.39. The number of nitrogens with one attached hydrogen (secondary N) is 3. The molecule has 0 spiro atoms. The van der Waals surface area contributed by atoms with Crippen molar-refractivity contribution in [3.8, 4) is 5.75 Å². The van der Waals surface area contributed by atoms with Gasteiger partial charge in [0.1, 0.15) is 35.3 Å². The minimum absolute atomic E-state index is 0.00512. The van der Waals surface area contributed by atoms with Gasteiger partial charge < -0.3 is 19.9 Å². The summed E-state index contributed by atoms with van der Waals surface area (Å²) < 4.78 is 10.7. The predicted molar refractivity (Wildman–Crippen MR) is 138 cm³/mol. The largest absolute Gasteiger partial charge is 0.512 e. The second-order valence-corrected chi connectivity index (χ2v) is 9.66. The minimum Gasteiger partial charge on any atom is -0.512 e. The molecule has 0 radical (unpaired) electrons. The molecule has 2 amide bonds. The van der Waals surface area contributed by atoms with Gasteiger partial charge in [-0.3, -0.25) is 10.7 Å². The maximum Gasteiger partial charge on any atom is 0.324 e. The van der Waals surface area contributed by atoms with Gasteiger partial charge in [0.25, 0.3) is 0 Å². The van der Waals surface area contributed by atoms with Gasteiger partial charge in [-0.2, -0.15) is 0 Å². The number of rotatable bonds is 8. The summed E-state index contributed by atoms with van der Waals surface area (Å²) in [5.41, 5.74) is 0.824. The molecule has 0 atom stereocenters. The second kappa shape index (κ2) is 11.7. The molecular weight excluding hydrogens is 466 g/mol. The molecule has 1 aromatic heterocycles. The molecule has 0 aliphatic heterocycles. The highest BCUT2D eigenvalue weighted by Gasteiger charge is 2.17. The number of ether oxygens (including phenoxy) is 2. The van der Waals surface area contributed by atoms with Crippen LogP contribution in [0.25, 0.3) is 10.9 Å². The van der Waals surface area contributed by atoms with E-state index < -0.39 is 11.4 Å². The number of methoxy groups -OCH3 is 1. The average Bonchev–Trinajstić information content (AvgIpc) is 2.79. The maximum absolute atomic E-state index is 12.3. The third-order valence-electron chi connectivity index (χ3n) is 4.73. The number of fused-ring (bicyclic) bond motifs is 1. The fourth-order valence-corrected chi connectivity index (χ4v) is 3.78. The van der Waals surface area contributed by atoms with E-state index in [2.05, 4.69) is 20.6 Å². The van der Waals surface area contributed by atoms with Crippen LogP contribution in [0, 0.1) is 10.8 Å². The molecule has 1 heterocycles. The molecule has 0 saturated heterocycles. The Morgan fingerprint density at radius 2 is 1.97 bits per heavy atom. The number of allylic oxidation sites excluding steroid dienone is 1. The van der Waals surface area contributed by atoms with Crippen molar-refractivity contribution < 1.29 is 19.4 Å². The molecule has 0 saturated carbocycles. The summed E-state index contributed by atoms with van der Waals surface area (Å²) >= 11 is 1.43. The molecule has 2 aromatic carbocycles. The fraction of sp³-hybridized carbons (Fsp3) is 0.280. The summed E-state index contributed by atoms with van der Waals surface area (Å²) in [7, 11) is 1.62. The number of carbonyl (C=O) groups is 1. The Morgan fingerprint density at radius 3 is 2.71 bits per heavy atom. The van der Waals surface area contributed by atoms with Crippen molar-refractivity contribution in [2.24, 2.45) is 5.41 Å². The van der Waals surface area contributed by atoms with Crippen molar-refractivity contribution in [3.05, 3.63) is 60.6 Å². The van der Waals surface area contributed by atoms with Crippen LogP contribution in [0.2, 0.25) is 0 Å². The number of carbonyl (C=O) groups excluding carboxylic acids is 1. The smallest absolute Gasteiger partial charge is 0.324 e. The van der Waals surface area contributed by atoms with E-state index in [1.807, 2.05) is 57.2 Å². The first-order valence-corrected chi connectivity index (χ1v) is 11.7. The van der Waals surface area contributed by atoms with Crippen molar-refractivity contribution in [2.45, 2.75) is 30.7 Å². The molecule has 0 unspecified atom stereocenters. The van der Waals surface area contributed by atoms with Gasteiger partial charge in [-0.05, 0) is 36.4 Å². The standard InChI is InChI=1S/C25H29N5O4S/c1-25(2,3)21(31)14-22(26)30-24(32)29-16-6-5-7-18(12-16)35-23-19-13-17(34-11-10-33-4)8-9-20(19)27-15-28-23/h5-9,12-15,31H,10-11H2,1-4H3,(H3,26,29,30,32)/b21-14-. The number of nitrogens with zero attached hydrogens (tertiary/aromatic N) is 2. The van der Waals surface area contributed by atoms with Crippen LogP contribution >= 0.6 is 11.8 Å². The van der Waals surface area contributed by atoms with Crippen LogP contribution in [0.1, 0.15) is 20.8 Å². The Hall–Kier alpha value is -3.63. The highest BCUT2D eigenvalue weighted by atomic mass is 32.2. The molecule has 9 nitrogen and oxygen atoms in total. The van der Waals surface area contributed by atoms with Gasteiger partial charge in [0.05, 0.1) is 12.1 Å². The third kappa shape index (κ3) is 7.69. The number of aromatic nitrogens is 2.